The maximum absolute atomic E-state index is 11.8. The van der Waals surface area contributed by atoms with Crippen LogP contribution >= 0.6 is 0 Å². The first-order valence-electron chi connectivity index (χ1n) is 5.73. The lowest BCUT2D eigenvalue weighted by molar-refractivity contribution is -0.146. The van der Waals surface area contributed by atoms with Crippen LogP contribution in [0.5, 0.6) is 0 Å². The fourth-order valence-corrected chi connectivity index (χ4v) is 1.63. The van der Waals surface area contributed by atoms with Gasteiger partial charge in [-0.1, -0.05) is 18.2 Å². The molecule has 20 heavy (non-hydrogen) atoms. The Morgan fingerprint density at radius 3 is 2.20 bits per heavy atom. The number of hydrogen-bond donors (Lipinski definition) is 1. The maximum Gasteiger partial charge on any atom is 0.414 e. The van der Waals surface area contributed by atoms with E-state index in [0.29, 0.717) is 5.69 Å². The monoisotopic (exact) mass is 281 g/mol. The third kappa shape index (κ3) is 3.71. The van der Waals surface area contributed by atoms with E-state index in [1.165, 1.54) is 0 Å². The lowest BCUT2D eigenvalue weighted by atomic mass is 10.1. The van der Waals surface area contributed by atoms with Crippen molar-refractivity contribution in [3.05, 3.63) is 30.3 Å². The van der Waals surface area contributed by atoms with Crippen molar-refractivity contribution >= 4 is 23.7 Å². The number of carboxylic acids is 1. The molecule has 0 aromatic heterocycles. The van der Waals surface area contributed by atoms with Crippen LogP contribution in [0.1, 0.15) is 6.42 Å². The first-order valence-corrected chi connectivity index (χ1v) is 5.73. The Kier molecular flexibility index (Phi) is 5.52. The number of methoxy groups -OCH3 is 2. The molecule has 7 heteroatoms. The van der Waals surface area contributed by atoms with E-state index in [1.54, 1.807) is 30.3 Å². The predicted octanol–water partition coefficient (Wildman–Crippen LogP) is 1.28. The molecule has 1 N–H and O–H groups in total. The van der Waals surface area contributed by atoms with Gasteiger partial charge in [-0.3, -0.25) is 9.69 Å². The number of amides is 1. The molecule has 1 aromatic carbocycles. The first kappa shape index (κ1) is 15.5. The molecule has 108 valence electrons. The zero-order valence-corrected chi connectivity index (χ0v) is 11.1. The Morgan fingerprint density at radius 2 is 1.75 bits per heavy atom. The minimum Gasteiger partial charge on any atom is -0.480 e. The lowest BCUT2D eigenvalue weighted by Gasteiger charge is -2.26. The molecule has 0 radical (unpaired) electrons. The third-order valence-electron chi connectivity index (χ3n) is 2.59. The zero-order chi connectivity index (χ0) is 15.1. The lowest BCUT2D eigenvalue weighted by Crippen LogP contribution is -2.46. The SMILES string of the molecule is COC(=O)C[C@@H](C(=O)O)N(C(=O)OC)c1ccccc1. The Bertz CT molecular complexity index is 487. The van der Waals surface area contributed by atoms with Crippen LogP contribution in [-0.4, -0.2) is 43.4 Å². The third-order valence-corrected chi connectivity index (χ3v) is 2.59. The summed E-state index contributed by atoms with van der Waals surface area (Å²) in [6, 6.07) is 6.69. The van der Waals surface area contributed by atoms with Crippen molar-refractivity contribution < 1.29 is 29.0 Å². The Hall–Kier alpha value is -2.57. The second-order valence-corrected chi connectivity index (χ2v) is 3.81. The molecule has 0 saturated carbocycles. The van der Waals surface area contributed by atoms with Gasteiger partial charge in [0.15, 0.2) is 0 Å². The summed E-state index contributed by atoms with van der Waals surface area (Å²) in [7, 11) is 2.28. The van der Waals surface area contributed by atoms with Crippen LogP contribution in [0, 0.1) is 0 Å². The van der Waals surface area contributed by atoms with E-state index in [4.69, 9.17) is 0 Å². The summed E-state index contributed by atoms with van der Waals surface area (Å²) in [6.07, 6.45) is -1.34. The molecule has 1 rings (SSSR count). The van der Waals surface area contributed by atoms with E-state index in [9.17, 15) is 19.5 Å². The average Bonchev–Trinajstić information content (AvgIpc) is 2.46. The van der Waals surface area contributed by atoms with Gasteiger partial charge in [-0.15, -0.1) is 0 Å². The number of nitrogens with zero attached hydrogens (tertiary/aromatic N) is 1. The molecule has 0 aliphatic carbocycles. The Labute approximate surface area is 115 Å². The van der Waals surface area contributed by atoms with Crippen LogP contribution in [0.4, 0.5) is 10.5 Å². The number of anilines is 1. The topological polar surface area (TPSA) is 93.1 Å². The van der Waals surface area contributed by atoms with E-state index in [2.05, 4.69) is 9.47 Å². The first-order chi connectivity index (χ1) is 9.51. The second-order valence-electron chi connectivity index (χ2n) is 3.81. The second kappa shape index (κ2) is 7.13. The smallest absolute Gasteiger partial charge is 0.414 e. The van der Waals surface area contributed by atoms with Crippen LogP contribution in [0.2, 0.25) is 0 Å². The molecular weight excluding hydrogens is 266 g/mol. The van der Waals surface area contributed by atoms with E-state index in [1.807, 2.05) is 0 Å². The fraction of sp³-hybridized carbons (Fsp3) is 0.308. The van der Waals surface area contributed by atoms with Crippen molar-refractivity contribution in [2.75, 3.05) is 19.1 Å². The van der Waals surface area contributed by atoms with E-state index < -0.39 is 30.5 Å². The summed E-state index contributed by atoms with van der Waals surface area (Å²) in [6.45, 7) is 0. The van der Waals surface area contributed by atoms with Gasteiger partial charge in [-0.05, 0) is 12.1 Å². The number of benzene rings is 1. The Morgan fingerprint density at radius 1 is 1.15 bits per heavy atom. The Balaban J connectivity index is 3.15. The van der Waals surface area contributed by atoms with E-state index in [0.717, 1.165) is 19.1 Å². The number of carbonyl (C=O) groups excluding carboxylic acids is 2. The van der Waals surface area contributed by atoms with Gasteiger partial charge in [0.1, 0.15) is 6.04 Å². The normalized spacial score (nSPS) is 11.3. The minimum absolute atomic E-state index is 0.315. The van der Waals surface area contributed by atoms with Gasteiger partial charge in [0.2, 0.25) is 0 Å². The van der Waals surface area contributed by atoms with Crippen molar-refractivity contribution in [1.29, 1.82) is 0 Å². The van der Waals surface area contributed by atoms with Crippen LogP contribution in [0.15, 0.2) is 30.3 Å². The maximum atomic E-state index is 11.8. The van der Waals surface area contributed by atoms with Gasteiger partial charge in [-0.25, -0.2) is 9.59 Å². The molecular formula is C13H15NO6. The molecule has 0 spiro atoms. The highest BCUT2D eigenvalue weighted by Gasteiger charge is 2.34. The molecule has 1 atom stereocenters. The van der Waals surface area contributed by atoms with Crippen molar-refractivity contribution in [3.8, 4) is 0 Å². The number of carboxylic acid groups (broad SMARTS) is 1. The highest BCUT2D eigenvalue weighted by Crippen LogP contribution is 2.20. The highest BCUT2D eigenvalue weighted by atomic mass is 16.5. The van der Waals surface area contributed by atoms with Crippen LogP contribution in [0.25, 0.3) is 0 Å². The molecule has 1 aromatic rings. The van der Waals surface area contributed by atoms with E-state index >= 15 is 0 Å². The molecule has 1 amide bonds. The number of esters is 1. The summed E-state index contributed by atoms with van der Waals surface area (Å²) in [5.74, 6) is -2.06. The standard InChI is InChI=1S/C13H15NO6/c1-19-11(15)8-10(12(16)17)14(13(18)20-2)9-6-4-3-5-7-9/h3-7,10H,8H2,1-2H3,(H,16,17)/t10-/m0/s1. The van der Waals surface area contributed by atoms with Gasteiger partial charge in [0.05, 0.1) is 20.6 Å². The molecule has 0 aliphatic heterocycles. The van der Waals surface area contributed by atoms with Crippen molar-refractivity contribution in [3.63, 3.8) is 0 Å². The molecule has 0 aliphatic rings. The van der Waals surface area contributed by atoms with Crippen molar-refractivity contribution in [2.24, 2.45) is 0 Å². The van der Waals surface area contributed by atoms with Crippen LogP contribution < -0.4 is 4.90 Å². The van der Waals surface area contributed by atoms with Gasteiger partial charge in [-0.2, -0.15) is 0 Å². The molecule has 0 unspecified atom stereocenters. The van der Waals surface area contributed by atoms with Gasteiger partial charge in [0.25, 0.3) is 0 Å². The quantitative estimate of drug-likeness (QED) is 0.817. The fourth-order valence-electron chi connectivity index (χ4n) is 1.63. The summed E-state index contributed by atoms with van der Waals surface area (Å²) in [4.78, 5) is 35.4. The predicted molar refractivity (Wildman–Crippen MR) is 69.4 cm³/mol. The zero-order valence-electron chi connectivity index (χ0n) is 11.1. The minimum atomic E-state index is -1.41. The highest BCUT2D eigenvalue weighted by molar-refractivity contribution is 5.97. The molecule has 0 bridgehead atoms. The summed E-state index contributed by atoms with van der Waals surface area (Å²) >= 11 is 0. The van der Waals surface area contributed by atoms with Gasteiger partial charge in [0, 0.05) is 5.69 Å². The average molecular weight is 281 g/mol. The molecule has 7 nitrogen and oxygen atoms in total. The summed E-state index contributed by atoms with van der Waals surface area (Å²) in [5, 5.41) is 9.24. The van der Waals surface area contributed by atoms with Crippen LogP contribution in [-0.2, 0) is 19.1 Å². The molecule has 0 saturated heterocycles. The summed E-state index contributed by atoms with van der Waals surface area (Å²) in [5.41, 5.74) is 0.315. The summed E-state index contributed by atoms with van der Waals surface area (Å²) < 4.78 is 9.03. The van der Waals surface area contributed by atoms with E-state index in [-0.39, 0.29) is 0 Å². The number of ether oxygens (including phenoxy) is 2. The number of para-hydroxylation sites is 1. The number of hydrogen-bond acceptors (Lipinski definition) is 5. The van der Waals surface area contributed by atoms with Crippen molar-refractivity contribution in [2.45, 2.75) is 12.5 Å². The van der Waals surface area contributed by atoms with Gasteiger partial charge < -0.3 is 14.6 Å². The number of carbonyl (C=O) groups is 3. The number of aliphatic carboxylic acids is 1. The number of rotatable bonds is 5. The van der Waals surface area contributed by atoms with Gasteiger partial charge >= 0.3 is 18.0 Å². The van der Waals surface area contributed by atoms with Crippen LogP contribution in [0.3, 0.4) is 0 Å². The molecule has 0 fully saturated rings. The largest absolute Gasteiger partial charge is 0.480 e. The van der Waals surface area contributed by atoms with Crippen molar-refractivity contribution in [1.82, 2.24) is 0 Å². The molecule has 0 heterocycles.